The first-order chi connectivity index (χ1) is 14.5. The van der Waals surface area contributed by atoms with Crippen LogP contribution in [0.5, 0.6) is 5.75 Å². The first-order valence-corrected chi connectivity index (χ1v) is 10.7. The fourth-order valence-electron chi connectivity index (χ4n) is 4.22. The Hall–Kier alpha value is -3.02. The van der Waals surface area contributed by atoms with Gasteiger partial charge in [0.05, 0.1) is 18.8 Å². The lowest BCUT2D eigenvalue weighted by molar-refractivity contribution is -0.139. The predicted octanol–water partition coefficient (Wildman–Crippen LogP) is 3.52. The van der Waals surface area contributed by atoms with Crippen molar-refractivity contribution in [1.82, 2.24) is 4.90 Å². The van der Waals surface area contributed by atoms with Crippen molar-refractivity contribution in [3.8, 4) is 5.75 Å². The monoisotopic (exact) mass is 407 g/mol. The molecule has 0 aromatic heterocycles. The summed E-state index contributed by atoms with van der Waals surface area (Å²) in [6, 6.07) is 13.6. The zero-order chi connectivity index (χ0) is 21.1. The van der Waals surface area contributed by atoms with Gasteiger partial charge >= 0.3 is 0 Å². The highest BCUT2D eigenvalue weighted by Gasteiger charge is 2.34. The van der Waals surface area contributed by atoms with Crippen LogP contribution in [-0.4, -0.2) is 49.0 Å². The normalized spacial score (nSPS) is 18.4. The van der Waals surface area contributed by atoms with Crippen LogP contribution < -0.4 is 15.0 Å². The van der Waals surface area contributed by atoms with Gasteiger partial charge in [0.25, 0.3) is 5.91 Å². The van der Waals surface area contributed by atoms with Crippen LogP contribution in [0.4, 0.5) is 11.4 Å². The number of anilines is 2. The Morgan fingerprint density at radius 1 is 1.07 bits per heavy atom. The Bertz CT molecular complexity index is 937. The number of carbonyl (C=O) groups is 2. The van der Waals surface area contributed by atoms with Gasteiger partial charge < -0.3 is 19.9 Å². The van der Waals surface area contributed by atoms with E-state index in [-0.39, 0.29) is 18.4 Å². The molecule has 2 amide bonds. The molecule has 1 N–H and O–H groups in total. The fraction of sp³-hybridized carbons (Fsp3) is 0.417. The van der Waals surface area contributed by atoms with Gasteiger partial charge in [0.2, 0.25) is 5.91 Å². The molecule has 2 aliphatic rings. The third-order valence-electron chi connectivity index (χ3n) is 5.80. The molecule has 1 fully saturated rings. The summed E-state index contributed by atoms with van der Waals surface area (Å²) in [7, 11) is 0. The Morgan fingerprint density at radius 3 is 2.60 bits per heavy atom. The van der Waals surface area contributed by atoms with Gasteiger partial charge in [0.1, 0.15) is 5.75 Å². The Balaban J connectivity index is 1.49. The molecule has 0 radical (unpaired) electrons. The number of likely N-dealkylation sites (tertiary alicyclic amines) is 1. The maximum Gasteiger partial charge on any atom is 0.265 e. The van der Waals surface area contributed by atoms with Crippen molar-refractivity contribution in [3.05, 3.63) is 53.6 Å². The van der Waals surface area contributed by atoms with Crippen molar-refractivity contribution in [3.63, 3.8) is 0 Å². The second kappa shape index (κ2) is 8.78. The summed E-state index contributed by atoms with van der Waals surface area (Å²) in [5, 5.41) is 3.01. The van der Waals surface area contributed by atoms with E-state index in [0.717, 1.165) is 48.4 Å². The number of aryl methyl sites for hydroxylation is 2. The average molecular weight is 408 g/mol. The SMILES string of the molecule is Cc1ccc(NC(=O)CN2C[C@@H](C(=O)N3CCCCC3)Oc3ccccc32)c(C)c1. The molecule has 1 atom stereocenters. The standard InChI is InChI=1S/C24H29N3O3/c1-17-10-11-19(18(2)14-17)25-23(28)16-27-15-22(24(29)26-12-6-3-7-13-26)30-21-9-5-4-8-20(21)27/h4-5,8-11,14,22H,3,6-7,12-13,15-16H2,1-2H3,(H,25,28)/t22-/m0/s1. The minimum Gasteiger partial charge on any atom is -0.477 e. The van der Waals surface area contributed by atoms with Crippen LogP contribution in [0.2, 0.25) is 0 Å². The lowest BCUT2D eigenvalue weighted by Crippen LogP contribution is -2.52. The smallest absolute Gasteiger partial charge is 0.265 e. The van der Waals surface area contributed by atoms with Crippen LogP contribution >= 0.6 is 0 Å². The molecule has 2 heterocycles. The summed E-state index contributed by atoms with van der Waals surface area (Å²) < 4.78 is 6.04. The minimum absolute atomic E-state index is 0.0176. The molecule has 30 heavy (non-hydrogen) atoms. The van der Waals surface area contributed by atoms with Gasteiger partial charge in [0, 0.05) is 18.8 Å². The van der Waals surface area contributed by atoms with E-state index < -0.39 is 6.10 Å². The number of piperidine rings is 1. The number of carbonyl (C=O) groups excluding carboxylic acids is 2. The maximum absolute atomic E-state index is 13.0. The molecule has 6 nitrogen and oxygen atoms in total. The molecular weight excluding hydrogens is 378 g/mol. The first-order valence-electron chi connectivity index (χ1n) is 10.7. The van der Waals surface area contributed by atoms with Crippen LogP contribution in [0.1, 0.15) is 30.4 Å². The third kappa shape index (κ3) is 4.42. The van der Waals surface area contributed by atoms with Crippen LogP contribution in [0.3, 0.4) is 0 Å². The number of para-hydroxylation sites is 2. The molecular formula is C24H29N3O3. The van der Waals surface area contributed by atoms with Crippen molar-refractivity contribution in [1.29, 1.82) is 0 Å². The van der Waals surface area contributed by atoms with Gasteiger partial charge in [-0.15, -0.1) is 0 Å². The van der Waals surface area contributed by atoms with Crippen molar-refractivity contribution in [2.75, 3.05) is 36.4 Å². The van der Waals surface area contributed by atoms with E-state index >= 15 is 0 Å². The number of benzene rings is 2. The lowest BCUT2D eigenvalue weighted by Gasteiger charge is -2.38. The highest BCUT2D eigenvalue weighted by atomic mass is 16.5. The fourth-order valence-corrected chi connectivity index (χ4v) is 4.22. The van der Waals surface area contributed by atoms with Crippen molar-refractivity contribution in [2.45, 2.75) is 39.2 Å². The van der Waals surface area contributed by atoms with Crippen LogP contribution in [0.25, 0.3) is 0 Å². The lowest BCUT2D eigenvalue weighted by atomic mass is 10.1. The largest absolute Gasteiger partial charge is 0.477 e. The molecule has 0 aliphatic carbocycles. The molecule has 6 heteroatoms. The van der Waals surface area contributed by atoms with Crippen molar-refractivity contribution in [2.24, 2.45) is 0 Å². The van der Waals surface area contributed by atoms with Gasteiger partial charge in [-0.1, -0.05) is 29.8 Å². The molecule has 2 aliphatic heterocycles. The van der Waals surface area contributed by atoms with Crippen LogP contribution in [-0.2, 0) is 9.59 Å². The number of rotatable bonds is 4. The van der Waals surface area contributed by atoms with Gasteiger partial charge in [0.15, 0.2) is 6.10 Å². The highest BCUT2D eigenvalue weighted by Crippen LogP contribution is 2.33. The summed E-state index contributed by atoms with van der Waals surface area (Å²) in [6.45, 7) is 6.12. The Labute approximate surface area is 177 Å². The number of ether oxygens (including phenoxy) is 1. The molecule has 0 bridgehead atoms. The second-order valence-corrected chi connectivity index (χ2v) is 8.21. The van der Waals surface area contributed by atoms with E-state index in [4.69, 9.17) is 4.74 Å². The molecule has 0 saturated carbocycles. The maximum atomic E-state index is 13.0. The molecule has 2 aromatic carbocycles. The van der Waals surface area contributed by atoms with Gasteiger partial charge in [-0.2, -0.15) is 0 Å². The third-order valence-corrected chi connectivity index (χ3v) is 5.80. The van der Waals surface area contributed by atoms with Gasteiger partial charge in [-0.3, -0.25) is 9.59 Å². The first kappa shape index (κ1) is 20.3. The number of hydrogen-bond acceptors (Lipinski definition) is 4. The number of fused-ring (bicyclic) bond motifs is 1. The van der Waals surface area contributed by atoms with E-state index in [1.54, 1.807) is 0 Å². The molecule has 4 rings (SSSR count). The predicted molar refractivity (Wildman–Crippen MR) is 118 cm³/mol. The molecule has 1 saturated heterocycles. The molecule has 158 valence electrons. The molecule has 2 aromatic rings. The van der Waals surface area contributed by atoms with Crippen LogP contribution in [0.15, 0.2) is 42.5 Å². The number of amides is 2. The Kier molecular flexibility index (Phi) is 5.93. The molecule has 0 unspecified atom stereocenters. The van der Waals surface area contributed by atoms with Crippen LogP contribution in [0, 0.1) is 13.8 Å². The minimum atomic E-state index is -0.591. The summed E-state index contributed by atoms with van der Waals surface area (Å²) in [4.78, 5) is 29.7. The summed E-state index contributed by atoms with van der Waals surface area (Å²) >= 11 is 0. The van der Waals surface area contributed by atoms with Crippen molar-refractivity contribution >= 4 is 23.2 Å². The van der Waals surface area contributed by atoms with E-state index in [1.807, 2.05) is 66.1 Å². The van der Waals surface area contributed by atoms with Gasteiger partial charge in [-0.05, 0) is 56.9 Å². The Morgan fingerprint density at radius 2 is 1.83 bits per heavy atom. The van der Waals surface area contributed by atoms with E-state index in [0.29, 0.717) is 12.3 Å². The average Bonchev–Trinajstić information content (AvgIpc) is 2.75. The summed E-state index contributed by atoms with van der Waals surface area (Å²) in [5.41, 5.74) is 3.85. The van der Waals surface area contributed by atoms with E-state index in [2.05, 4.69) is 5.32 Å². The zero-order valence-corrected chi connectivity index (χ0v) is 17.7. The second-order valence-electron chi connectivity index (χ2n) is 8.21. The summed E-state index contributed by atoms with van der Waals surface area (Å²) in [5.74, 6) is 0.560. The van der Waals surface area contributed by atoms with Crippen molar-refractivity contribution < 1.29 is 14.3 Å². The van der Waals surface area contributed by atoms with E-state index in [9.17, 15) is 9.59 Å². The number of nitrogens with zero attached hydrogens (tertiary/aromatic N) is 2. The number of nitrogens with one attached hydrogen (secondary N) is 1. The number of hydrogen-bond donors (Lipinski definition) is 1. The van der Waals surface area contributed by atoms with Gasteiger partial charge in [-0.25, -0.2) is 0 Å². The zero-order valence-electron chi connectivity index (χ0n) is 17.7. The quantitative estimate of drug-likeness (QED) is 0.842. The highest BCUT2D eigenvalue weighted by molar-refractivity contribution is 5.95. The topological polar surface area (TPSA) is 61.9 Å². The summed E-state index contributed by atoms with van der Waals surface area (Å²) in [6.07, 6.45) is 2.66. The van der Waals surface area contributed by atoms with E-state index in [1.165, 1.54) is 6.42 Å². The molecule has 0 spiro atoms.